The van der Waals surface area contributed by atoms with Gasteiger partial charge >= 0.3 is 0 Å². The van der Waals surface area contributed by atoms with Crippen molar-refractivity contribution in [3.63, 3.8) is 0 Å². The van der Waals surface area contributed by atoms with Crippen LogP contribution in [0.5, 0.6) is 0 Å². The molecule has 120 valence electrons. The Morgan fingerprint density at radius 1 is 1.48 bits per heavy atom. The Morgan fingerprint density at radius 3 is 2.86 bits per heavy atom. The number of aliphatic hydroxyl groups is 1. The molecule has 6 heteroatoms. The molecular weight excluding hydrogens is 272 g/mol. The van der Waals surface area contributed by atoms with Gasteiger partial charge in [-0.2, -0.15) is 0 Å². The Kier molecular flexibility index (Phi) is 5.22. The number of nitrogens with one attached hydrogen (secondary N) is 1. The summed E-state index contributed by atoms with van der Waals surface area (Å²) >= 11 is 0. The Balaban J connectivity index is 1.83. The number of amides is 2. The van der Waals surface area contributed by atoms with Crippen LogP contribution in [0.15, 0.2) is 0 Å². The van der Waals surface area contributed by atoms with Gasteiger partial charge < -0.3 is 20.1 Å². The average Bonchev–Trinajstić information content (AvgIpc) is 2.91. The normalized spacial score (nSPS) is 29.7. The Morgan fingerprint density at radius 2 is 2.24 bits per heavy atom. The molecule has 21 heavy (non-hydrogen) atoms. The third kappa shape index (κ3) is 4.17. The molecule has 2 fully saturated rings. The maximum absolute atomic E-state index is 12.2. The number of carbonyl (C=O) groups excluding carboxylic acids is 2. The number of carbonyl (C=O) groups is 2. The smallest absolute Gasteiger partial charge is 0.225 e. The highest BCUT2D eigenvalue weighted by Gasteiger charge is 2.34. The molecule has 6 nitrogen and oxygen atoms in total. The van der Waals surface area contributed by atoms with Crippen LogP contribution in [0.1, 0.15) is 33.1 Å². The quantitative estimate of drug-likeness (QED) is 0.774. The molecule has 0 spiro atoms. The Labute approximate surface area is 125 Å². The lowest BCUT2D eigenvalue weighted by atomic mass is 9.95. The minimum absolute atomic E-state index is 0.0387. The molecule has 0 saturated carbocycles. The summed E-state index contributed by atoms with van der Waals surface area (Å²) < 4.78 is 5.16. The molecule has 0 aliphatic carbocycles. The topological polar surface area (TPSA) is 78.9 Å². The van der Waals surface area contributed by atoms with Gasteiger partial charge in [0.2, 0.25) is 11.8 Å². The Hall–Kier alpha value is -1.14. The van der Waals surface area contributed by atoms with E-state index in [-0.39, 0.29) is 36.8 Å². The van der Waals surface area contributed by atoms with Crippen LogP contribution < -0.4 is 5.32 Å². The predicted octanol–water partition coefficient (Wildman–Crippen LogP) is 0.149. The van der Waals surface area contributed by atoms with Gasteiger partial charge in [-0.1, -0.05) is 13.8 Å². The second kappa shape index (κ2) is 6.75. The highest BCUT2D eigenvalue weighted by molar-refractivity contribution is 5.82. The van der Waals surface area contributed by atoms with Crippen LogP contribution in [0.25, 0.3) is 0 Å². The summed E-state index contributed by atoms with van der Waals surface area (Å²) in [5, 5.41) is 13.0. The lowest BCUT2D eigenvalue weighted by Crippen LogP contribution is -2.50. The van der Waals surface area contributed by atoms with Crippen molar-refractivity contribution in [1.82, 2.24) is 10.2 Å². The molecule has 2 unspecified atom stereocenters. The fourth-order valence-electron chi connectivity index (χ4n) is 2.89. The van der Waals surface area contributed by atoms with Crippen LogP contribution in [0.3, 0.4) is 0 Å². The first-order valence-electron chi connectivity index (χ1n) is 7.78. The number of ether oxygens (including phenoxy) is 1. The second-order valence-electron chi connectivity index (χ2n) is 6.52. The SMILES string of the molecule is CC(C)C(=O)N1CCCC(C(=O)NCC2(O)CCOC2)C1. The highest BCUT2D eigenvalue weighted by atomic mass is 16.5. The van der Waals surface area contributed by atoms with Crippen LogP contribution in [0.2, 0.25) is 0 Å². The zero-order valence-electron chi connectivity index (χ0n) is 12.9. The Bertz CT molecular complexity index is 391. The molecule has 2 saturated heterocycles. The van der Waals surface area contributed by atoms with E-state index in [1.165, 1.54) is 0 Å². The number of hydrogen-bond donors (Lipinski definition) is 2. The zero-order chi connectivity index (χ0) is 15.5. The van der Waals surface area contributed by atoms with E-state index in [4.69, 9.17) is 4.74 Å². The van der Waals surface area contributed by atoms with Crippen molar-refractivity contribution in [2.45, 2.75) is 38.7 Å². The molecule has 0 aromatic carbocycles. The van der Waals surface area contributed by atoms with E-state index in [0.29, 0.717) is 19.6 Å². The molecule has 0 aromatic heterocycles. The third-order valence-electron chi connectivity index (χ3n) is 4.27. The van der Waals surface area contributed by atoms with Crippen molar-refractivity contribution in [3.05, 3.63) is 0 Å². The molecule has 2 atom stereocenters. The molecule has 2 heterocycles. The maximum atomic E-state index is 12.2. The van der Waals surface area contributed by atoms with E-state index in [9.17, 15) is 14.7 Å². The van der Waals surface area contributed by atoms with Gasteiger partial charge in [-0.3, -0.25) is 9.59 Å². The first-order valence-corrected chi connectivity index (χ1v) is 7.78. The molecule has 2 amide bonds. The van der Waals surface area contributed by atoms with E-state index < -0.39 is 5.60 Å². The lowest BCUT2D eigenvalue weighted by molar-refractivity contribution is -0.138. The standard InChI is InChI=1S/C15H26N2O4/c1-11(2)14(19)17-6-3-4-12(8-17)13(18)16-9-15(20)5-7-21-10-15/h11-12,20H,3-10H2,1-2H3,(H,16,18). The van der Waals surface area contributed by atoms with Crippen molar-refractivity contribution in [3.8, 4) is 0 Å². The minimum atomic E-state index is -0.933. The molecule has 2 aliphatic heterocycles. The molecule has 2 rings (SSSR count). The molecular formula is C15H26N2O4. The van der Waals surface area contributed by atoms with Crippen molar-refractivity contribution in [2.24, 2.45) is 11.8 Å². The molecule has 0 bridgehead atoms. The van der Waals surface area contributed by atoms with Crippen molar-refractivity contribution in [1.29, 1.82) is 0 Å². The summed E-state index contributed by atoms with van der Waals surface area (Å²) in [7, 11) is 0. The zero-order valence-corrected chi connectivity index (χ0v) is 12.9. The maximum Gasteiger partial charge on any atom is 0.225 e. The van der Waals surface area contributed by atoms with Crippen molar-refractivity contribution < 1.29 is 19.4 Å². The van der Waals surface area contributed by atoms with Gasteiger partial charge in [0.25, 0.3) is 0 Å². The highest BCUT2D eigenvalue weighted by Crippen LogP contribution is 2.20. The fourth-order valence-corrected chi connectivity index (χ4v) is 2.89. The van der Waals surface area contributed by atoms with E-state index in [1.54, 1.807) is 4.90 Å². The molecule has 0 aromatic rings. The van der Waals surface area contributed by atoms with Gasteiger partial charge in [0.15, 0.2) is 0 Å². The number of rotatable bonds is 4. The third-order valence-corrected chi connectivity index (χ3v) is 4.27. The monoisotopic (exact) mass is 298 g/mol. The first-order chi connectivity index (χ1) is 9.91. The summed E-state index contributed by atoms with van der Waals surface area (Å²) in [5.74, 6) is -0.178. The van der Waals surface area contributed by atoms with Gasteiger partial charge in [-0.05, 0) is 12.8 Å². The van der Waals surface area contributed by atoms with Crippen molar-refractivity contribution >= 4 is 11.8 Å². The van der Waals surface area contributed by atoms with Gasteiger partial charge in [0.05, 0.1) is 12.5 Å². The van der Waals surface area contributed by atoms with Crippen LogP contribution in [-0.4, -0.2) is 60.3 Å². The fraction of sp³-hybridized carbons (Fsp3) is 0.867. The van der Waals surface area contributed by atoms with Gasteiger partial charge in [0, 0.05) is 38.6 Å². The first kappa shape index (κ1) is 16.2. The summed E-state index contributed by atoms with van der Waals surface area (Å²) in [6, 6.07) is 0. The van der Waals surface area contributed by atoms with Gasteiger partial charge in [-0.25, -0.2) is 0 Å². The number of piperidine rings is 1. The average molecular weight is 298 g/mol. The van der Waals surface area contributed by atoms with Crippen molar-refractivity contribution in [2.75, 3.05) is 32.8 Å². The van der Waals surface area contributed by atoms with E-state index >= 15 is 0 Å². The van der Waals surface area contributed by atoms with Crippen LogP contribution >= 0.6 is 0 Å². The molecule has 0 radical (unpaired) electrons. The van der Waals surface area contributed by atoms with Crippen LogP contribution in [0, 0.1) is 11.8 Å². The summed E-state index contributed by atoms with van der Waals surface area (Å²) in [4.78, 5) is 26.0. The summed E-state index contributed by atoms with van der Waals surface area (Å²) in [6.07, 6.45) is 2.20. The minimum Gasteiger partial charge on any atom is -0.386 e. The lowest BCUT2D eigenvalue weighted by Gasteiger charge is -2.33. The van der Waals surface area contributed by atoms with E-state index in [1.807, 2.05) is 13.8 Å². The largest absolute Gasteiger partial charge is 0.386 e. The van der Waals surface area contributed by atoms with Crippen LogP contribution in [0.4, 0.5) is 0 Å². The number of nitrogens with zero attached hydrogens (tertiary/aromatic N) is 1. The summed E-state index contributed by atoms with van der Waals surface area (Å²) in [6.45, 7) is 6.00. The van der Waals surface area contributed by atoms with Gasteiger partial charge in [0.1, 0.15) is 5.60 Å². The number of likely N-dealkylation sites (tertiary alicyclic amines) is 1. The summed E-state index contributed by atoms with van der Waals surface area (Å²) in [5.41, 5.74) is -0.933. The molecule has 2 aliphatic rings. The number of hydrogen-bond acceptors (Lipinski definition) is 4. The van der Waals surface area contributed by atoms with E-state index in [2.05, 4.69) is 5.32 Å². The molecule has 2 N–H and O–H groups in total. The van der Waals surface area contributed by atoms with E-state index in [0.717, 1.165) is 19.4 Å². The predicted molar refractivity (Wildman–Crippen MR) is 77.5 cm³/mol. The van der Waals surface area contributed by atoms with Crippen LogP contribution in [-0.2, 0) is 14.3 Å². The second-order valence-corrected chi connectivity index (χ2v) is 6.52. The van der Waals surface area contributed by atoms with Gasteiger partial charge in [-0.15, -0.1) is 0 Å².